The molecule has 1 aromatic rings. The van der Waals surface area contributed by atoms with Crippen LogP contribution in [0.3, 0.4) is 0 Å². The van der Waals surface area contributed by atoms with Crippen LogP contribution in [-0.4, -0.2) is 30.9 Å². The highest BCUT2D eigenvalue weighted by molar-refractivity contribution is 8.14. The first-order valence-electron chi connectivity index (χ1n) is 3.99. The molecule has 0 amide bonds. The third kappa shape index (κ3) is 2.88. The fraction of sp³-hybridized carbons (Fsp3) is 0.500. The van der Waals surface area contributed by atoms with Gasteiger partial charge >= 0.3 is 0 Å². The fourth-order valence-electron chi connectivity index (χ4n) is 0.810. The largest absolute Gasteiger partial charge is 0.291 e. The zero-order valence-corrected chi connectivity index (χ0v) is 10.0. The highest BCUT2D eigenvalue weighted by Crippen LogP contribution is 2.24. The number of nitrogens with two attached hydrogens (primary N) is 1. The maximum Gasteiger partial charge on any atom is 0.182 e. The molecule has 0 aromatic carbocycles. The number of aromatic nitrogens is 3. The first-order valence-corrected chi connectivity index (χ1v) is 7.00. The van der Waals surface area contributed by atoms with E-state index in [1.54, 1.807) is 0 Å². The van der Waals surface area contributed by atoms with Crippen molar-refractivity contribution in [3.8, 4) is 0 Å². The van der Waals surface area contributed by atoms with Crippen molar-refractivity contribution >= 4 is 21.3 Å². The molecule has 12 heavy (non-hydrogen) atoms. The van der Waals surface area contributed by atoms with Crippen molar-refractivity contribution in [1.82, 2.24) is 15.0 Å². The molecule has 0 saturated heterocycles. The van der Waals surface area contributed by atoms with E-state index in [2.05, 4.69) is 15.0 Å². The van der Waals surface area contributed by atoms with Gasteiger partial charge in [0.1, 0.15) is 12.7 Å². The van der Waals surface area contributed by atoms with Crippen LogP contribution in [0.5, 0.6) is 0 Å². The first kappa shape index (κ1) is 9.62. The summed E-state index contributed by atoms with van der Waals surface area (Å²) in [6.07, 6.45) is 4.22. The second-order valence-corrected chi connectivity index (χ2v) is 5.27. The van der Waals surface area contributed by atoms with E-state index in [4.69, 9.17) is 5.14 Å². The van der Waals surface area contributed by atoms with Crippen molar-refractivity contribution in [1.29, 1.82) is 0 Å². The third-order valence-corrected chi connectivity index (χ3v) is 3.74. The summed E-state index contributed by atoms with van der Waals surface area (Å²) in [7, 11) is 1.26. The van der Waals surface area contributed by atoms with Gasteiger partial charge in [-0.05, 0) is 12.2 Å². The lowest BCUT2D eigenvalue weighted by atomic mass is 10.6. The molecule has 0 fully saturated rings. The van der Waals surface area contributed by atoms with Crippen molar-refractivity contribution in [3.05, 3.63) is 12.7 Å². The predicted molar refractivity (Wildman–Crippen MR) is 55.5 cm³/mol. The van der Waals surface area contributed by atoms with E-state index < -0.39 is 11.1 Å². The number of nitrogens with zero attached hydrogens (tertiary/aromatic N) is 3. The van der Waals surface area contributed by atoms with Gasteiger partial charge in [0.2, 0.25) is 0 Å². The monoisotopic (exact) mass is 202 g/mol. The molecule has 1 unspecified atom stereocenters. The Labute approximate surface area is 77.9 Å². The van der Waals surface area contributed by atoms with Crippen molar-refractivity contribution in [3.63, 3.8) is 0 Å². The van der Waals surface area contributed by atoms with Crippen molar-refractivity contribution in [2.45, 2.75) is 17.6 Å². The normalized spacial score (nSPS) is 14.6. The predicted octanol–water partition coefficient (Wildman–Crippen LogP) is -0.721. The van der Waals surface area contributed by atoms with Crippen LogP contribution in [0.4, 0.5) is 0 Å². The summed E-state index contributed by atoms with van der Waals surface area (Å²) in [6.45, 7) is 0. The number of thiol groups is 1. The van der Waals surface area contributed by atoms with Crippen LogP contribution in [0.25, 0.3) is 0 Å². The molecule has 0 radical (unpaired) electrons. The van der Waals surface area contributed by atoms with E-state index >= 15 is 0 Å². The van der Waals surface area contributed by atoms with Gasteiger partial charge in [-0.3, -0.25) is 5.14 Å². The van der Waals surface area contributed by atoms with E-state index in [1.165, 1.54) is 35.4 Å². The van der Waals surface area contributed by atoms with E-state index in [-0.39, 0.29) is 0 Å². The summed E-state index contributed by atoms with van der Waals surface area (Å²) in [5.41, 5.74) is 0. The number of hydrogen-bond acceptors (Lipinski definition) is 4. The molecule has 0 bridgehead atoms. The van der Waals surface area contributed by atoms with Crippen LogP contribution in [0.2, 0.25) is 6.04 Å². The van der Waals surface area contributed by atoms with Crippen LogP contribution >= 0.6 is 11.1 Å². The van der Waals surface area contributed by atoms with Gasteiger partial charge in [-0.15, -0.1) is 11.1 Å². The Morgan fingerprint density at radius 1 is 1.42 bits per heavy atom. The van der Waals surface area contributed by atoms with Gasteiger partial charge in [-0.2, -0.15) is 0 Å². The molecule has 0 spiro atoms. The zero-order chi connectivity index (χ0) is 8.81. The van der Waals surface area contributed by atoms with E-state index in [0.717, 1.165) is 10.9 Å². The quantitative estimate of drug-likeness (QED) is 0.499. The maximum atomic E-state index is 5.91. The molecule has 1 rings (SSSR count). The Kier molecular flexibility index (Phi) is 4.19. The minimum atomic E-state index is -0.622. The standard InChI is InChI=1S/C6H14N4SSi/c7-11(2-1-3-12)6-9-4-8-5-10-6/h4-5,11H,1-3,7H2,12H3. The molecule has 0 aliphatic carbocycles. The summed E-state index contributed by atoms with van der Waals surface area (Å²) < 4.78 is 0. The Morgan fingerprint density at radius 3 is 2.67 bits per heavy atom. The molecule has 1 heterocycles. The Hall–Kier alpha value is -0.463. The second kappa shape index (κ2) is 5.23. The molecule has 0 aliphatic heterocycles. The average molecular weight is 202 g/mol. The minimum Gasteiger partial charge on any atom is -0.291 e. The SMILES string of the molecule is N[SH](CCC[SiH3])c1ncncn1. The van der Waals surface area contributed by atoms with Crippen molar-refractivity contribution < 1.29 is 0 Å². The smallest absolute Gasteiger partial charge is 0.182 e. The molecular formula is C6H14N4SSi. The van der Waals surface area contributed by atoms with Gasteiger partial charge in [0, 0.05) is 10.2 Å². The van der Waals surface area contributed by atoms with Gasteiger partial charge in [-0.25, -0.2) is 15.0 Å². The maximum absolute atomic E-state index is 5.91. The highest BCUT2D eigenvalue weighted by atomic mass is 32.2. The lowest BCUT2D eigenvalue weighted by molar-refractivity contribution is 0.893. The second-order valence-electron chi connectivity index (χ2n) is 2.49. The summed E-state index contributed by atoms with van der Waals surface area (Å²) in [6, 6.07) is 1.31. The van der Waals surface area contributed by atoms with Crippen LogP contribution < -0.4 is 5.14 Å². The molecule has 68 valence electrons. The topological polar surface area (TPSA) is 64.7 Å². The molecule has 1 aromatic heterocycles. The molecule has 2 N–H and O–H groups in total. The Balaban J connectivity index is 2.48. The van der Waals surface area contributed by atoms with Gasteiger partial charge in [0.15, 0.2) is 5.16 Å². The van der Waals surface area contributed by atoms with Crippen LogP contribution in [0, 0.1) is 0 Å². The summed E-state index contributed by atoms with van der Waals surface area (Å²) in [4.78, 5) is 11.8. The van der Waals surface area contributed by atoms with Crippen LogP contribution in [0.15, 0.2) is 17.8 Å². The zero-order valence-electron chi connectivity index (χ0n) is 7.14. The van der Waals surface area contributed by atoms with Crippen LogP contribution in [0.1, 0.15) is 6.42 Å². The Bertz CT molecular complexity index is 220. The summed E-state index contributed by atoms with van der Waals surface area (Å²) in [5, 5.41) is 6.68. The van der Waals surface area contributed by atoms with Gasteiger partial charge in [0.05, 0.1) is 0 Å². The van der Waals surface area contributed by atoms with Crippen molar-refractivity contribution in [2.75, 3.05) is 5.75 Å². The van der Waals surface area contributed by atoms with Crippen molar-refractivity contribution in [2.24, 2.45) is 5.14 Å². The minimum absolute atomic E-state index is 0.622. The first-order chi connectivity index (χ1) is 5.84. The third-order valence-electron chi connectivity index (χ3n) is 1.49. The van der Waals surface area contributed by atoms with Gasteiger partial charge in [0.25, 0.3) is 0 Å². The molecule has 0 saturated carbocycles. The number of rotatable bonds is 4. The molecule has 6 heteroatoms. The van der Waals surface area contributed by atoms with E-state index in [9.17, 15) is 0 Å². The molecule has 1 atom stereocenters. The summed E-state index contributed by atoms with van der Waals surface area (Å²) >= 11 is -0.622. The lowest BCUT2D eigenvalue weighted by Gasteiger charge is -2.12. The Morgan fingerprint density at radius 2 is 2.08 bits per heavy atom. The highest BCUT2D eigenvalue weighted by Gasteiger charge is 2.02. The van der Waals surface area contributed by atoms with Gasteiger partial charge in [-0.1, -0.05) is 6.04 Å². The summed E-state index contributed by atoms with van der Waals surface area (Å²) in [5.74, 6) is 1.04. The molecule has 4 nitrogen and oxygen atoms in total. The fourth-order valence-corrected chi connectivity index (χ4v) is 3.02. The van der Waals surface area contributed by atoms with Crippen LogP contribution in [-0.2, 0) is 0 Å². The van der Waals surface area contributed by atoms with E-state index in [1.807, 2.05) is 0 Å². The average Bonchev–Trinajstić information content (AvgIpc) is 2.15. The van der Waals surface area contributed by atoms with E-state index in [0.29, 0.717) is 0 Å². The molecular weight excluding hydrogens is 188 g/mol. The molecule has 0 aliphatic rings. The van der Waals surface area contributed by atoms with Gasteiger partial charge < -0.3 is 0 Å². The number of hydrogen-bond donors (Lipinski definition) is 2. The lowest BCUT2D eigenvalue weighted by Crippen LogP contribution is -2.04.